The Morgan fingerprint density at radius 2 is 1.82 bits per heavy atom. The average Bonchev–Trinajstić information content (AvgIpc) is 3.09. The fourth-order valence-electron chi connectivity index (χ4n) is 2.89. The van der Waals surface area contributed by atoms with Gasteiger partial charge in [0.15, 0.2) is 5.16 Å². The van der Waals surface area contributed by atoms with Crippen molar-refractivity contribution in [2.24, 2.45) is 0 Å². The predicted molar refractivity (Wildman–Crippen MR) is 113 cm³/mol. The molecule has 0 radical (unpaired) electrons. The topological polar surface area (TPSA) is 59.8 Å². The number of nitrogens with zero attached hydrogens (tertiary/aromatic N) is 3. The Morgan fingerprint density at radius 1 is 1.14 bits per heavy atom. The van der Waals surface area contributed by atoms with Crippen LogP contribution in [0.3, 0.4) is 0 Å². The van der Waals surface area contributed by atoms with Crippen LogP contribution in [0.2, 0.25) is 0 Å². The lowest BCUT2D eigenvalue weighted by Gasteiger charge is -2.14. The van der Waals surface area contributed by atoms with Crippen molar-refractivity contribution in [1.82, 2.24) is 20.1 Å². The van der Waals surface area contributed by atoms with E-state index in [9.17, 15) is 4.79 Å². The van der Waals surface area contributed by atoms with Gasteiger partial charge in [0.05, 0.1) is 11.8 Å². The standard InChI is InChI=1S/C22H24N4OS/c1-3-14-26-20(15-18-10-6-4-7-11-18)24-25-22(26)28-16-21(27)23-17(2)19-12-8-5-9-13-19/h3-13,17H,1,14-16H2,2H3,(H,23,27). The maximum absolute atomic E-state index is 12.4. The Kier molecular flexibility index (Phi) is 7.03. The van der Waals surface area contributed by atoms with Gasteiger partial charge in [-0.15, -0.1) is 16.8 Å². The van der Waals surface area contributed by atoms with E-state index in [-0.39, 0.29) is 17.7 Å². The lowest BCUT2D eigenvalue weighted by atomic mass is 10.1. The van der Waals surface area contributed by atoms with Crippen LogP contribution in [0.1, 0.15) is 29.9 Å². The quantitative estimate of drug-likeness (QED) is 0.441. The van der Waals surface area contributed by atoms with Gasteiger partial charge in [-0.1, -0.05) is 78.5 Å². The molecule has 0 saturated heterocycles. The Balaban J connectivity index is 1.62. The van der Waals surface area contributed by atoms with Crippen LogP contribution in [0.25, 0.3) is 0 Å². The molecule has 1 unspecified atom stereocenters. The normalized spacial score (nSPS) is 11.8. The molecule has 1 heterocycles. The fraction of sp³-hybridized carbons (Fsp3) is 0.227. The molecule has 0 fully saturated rings. The summed E-state index contributed by atoms with van der Waals surface area (Å²) in [5, 5.41) is 12.4. The van der Waals surface area contributed by atoms with Gasteiger partial charge in [0.2, 0.25) is 5.91 Å². The van der Waals surface area contributed by atoms with Crippen LogP contribution in [-0.4, -0.2) is 26.4 Å². The summed E-state index contributed by atoms with van der Waals surface area (Å²) >= 11 is 1.39. The molecule has 2 aromatic carbocycles. The van der Waals surface area contributed by atoms with Crippen molar-refractivity contribution in [2.75, 3.05) is 5.75 Å². The van der Waals surface area contributed by atoms with Crippen molar-refractivity contribution >= 4 is 17.7 Å². The van der Waals surface area contributed by atoms with Gasteiger partial charge in [0, 0.05) is 13.0 Å². The Morgan fingerprint density at radius 3 is 2.50 bits per heavy atom. The molecule has 3 aromatic rings. The second kappa shape index (κ2) is 9.90. The Labute approximate surface area is 169 Å². The second-order valence-electron chi connectivity index (χ2n) is 6.45. The minimum Gasteiger partial charge on any atom is -0.349 e. The molecule has 6 heteroatoms. The Bertz CT molecular complexity index is 909. The SMILES string of the molecule is C=CCn1c(Cc2ccccc2)nnc1SCC(=O)NC(C)c1ccccc1. The molecule has 144 valence electrons. The van der Waals surface area contributed by atoms with E-state index in [1.165, 1.54) is 17.3 Å². The number of carbonyl (C=O) groups excluding carboxylic acids is 1. The molecule has 0 aliphatic carbocycles. The molecule has 3 rings (SSSR count). The zero-order valence-corrected chi connectivity index (χ0v) is 16.7. The van der Waals surface area contributed by atoms with E-state index in [0.717, 1.165) is 16.5 Å². The highest BCUT2D eigenvalue weighted by molar-refractivity contribution is 7.99. The monoisotopic (exact) mass is 392 g/mol. The van der Waals surface area contributed by atoms with Crippen LogP contribution in [0, 0.1) is 0 Å². The summed E-state index contributed by atoms with van der Waals surface area (Å²) in [6.45, 7) is 6.42. The van der Waals surface area contributed by atoms with Crippen molar-refractivity contribution in [3.63, 3.8) is 0 Å². The van der Waals surface area contributed by atoms with Crippen molar-refractivity contribution < 1.29 is 4.79 Å². The van der Waals surface area contributed by atoms with E-state index in [2.05, 4.69) is 34.2 Å². The maximum atomic E-state index is 12.4. The maximum Gasteiger partial charge on any atom is 0.230 e. The number of amides is 1. The molecule has 0 spiro atoms. The zero-order valence-electron chi connectivity index (χ0n) is 15.9. The third kappa shape index (κ3) is 5.33. The molecular weight excluding hydrogens is 368 g/mol. The first kappa shape index (κ1) is 19.9. The largest absolute Gasteiger partial charge is 0.349 e. The van der Waals surface area contributed by atoms with E-state index in [4.69, 9.17) is 0 Å². The lowest BCUT2D eigenvalue weighted by Crippen LogP contribution is -2.28. The van der Waals surface area contributed by atoms with Crippen LogP contribution >= 0.6 is 11.8 Å². The summed E-state index contributed by atoms with van der Waals surface area (Å²) < 4.78 is 2.01. The van der Waals surface area contributed by atoms with Gasteiger partial charge in [-0.2, -0.15) is 0 Å². The van der Waals surface area contributed by atoms with Crippen molar-refractivity contribution in [3.8, 4) is 0 Å². The number of thioether (sulfide) groups is 1. The van der Waals surface area contributed by atoms with Crippen LogP contribution < -0.4 is 5.32 Å². The first-order valence-electron chi connectivity index (χ1n) is 9.21. The van der Waals surface area contributed by atoms with E-state index in [1.54, 1.807) is 0 Å². The van der Waals surface area contributed by atoms with Crippen LogP contribution in [-0.2, 0) is 17.8 Å². The summed E-state index contributed by atoms with van der Waals surface area (Å²) in [7, 11) is 0. The first-order chi connectivity index (χ1) is 13.7. The third-order valence-electron chi connectivity index (χ3n) is 4.32. The van der Waals surface area contributed by atoms with Crippen LogP contribution in [0.15, 0.2) is 78.5 Å². The van der Waals surface area contributed by atoms with E-state index < -0.39 is 0 Å². The van der Waals surface area contributed by atoms with Gasteiger partial charge in [-0.05, 0) is 18.1 Å². The number of carbonyl (C=O) groups is 1. The molecule has 1 N–H and O–H groups in total. The highest BCUT2D eigenvalue weighted by Gasteiger charge is 2.15. The van der Waals surface area contributed by atoms with Crippen molar-refractivity contribution in [2.45, 2.75) is 31.1 Å². The molecule has 5 nitrogen and oxygen atoms in total. The van der Waals surface area contributed by atoms with Gasteiger partial charge in [-0.3, -0.25) is 4.79 Å². The molecule has 0 aliphatic heterocycles. The van der Waals surface area contributed by atoms with Gasteiger partial charge in [0.25, 0.3) is 0 Å². The second-order valence-corrected chi connectivity index (χ2v) is 7.39. The van der Waals surface area contributed by atoms with Gasteiger partial charge in [0.1, 0.15) is 5.82 Å². The van der Waals surface area contributed by atoms with Crippen molar-refractivity contribution in [3.05, 3.63) is 90.3 Å². The first-order valence-corrected chi connectivity index (χ1v) is 10.2. The summed E-state index contributed by atoms with van der Waals surface area (Å²) in [5.74, 6) is 1.13. The molecule has 1 aromatic heterocycles. The molecule has 1 amide bonds. The lowest BCUT2D eigenvalue weighted by molar-refractivity contribution is -0.119. The molecule has 28 heavy (non-hydrogen) atoms. The van der Waals surface area contributed by atoms with Crippen molar-refractivity contribution in [1.29, 1.82) is 0 Å². The van der Waals surface area contributed by atoms with Gasteiger partial charge in [-0.25, -0.2) is 0 Å². The predicted octanol–water partition coefficient (Wildman–Crippen LogP) is 4.02. The number of hydrogen-bond acceptors (Lipinski definition) is 4. The van der Waals surface area contributed by atoms with Gasteiger partial charge >= 0.3 is 0 Å². The minimum atomic E-state index is -0.0333. The summed E-state index contributed by atoms with van der Waals surface area (Å²) in [6, 6.07) is 20.0. The molecule has 0 aliphatic rings. The van der Waals surface area contributed by atoms with E-state index in [1.807, 2.05) is 66.1 Å². The van der Waals surface area contributed by atoms with E-state index >= 15 is 0 Å². The van der Waals surface area contributed by atoms with Crippen LogP contribution in [0.5, 0.6) is 0 Å². The number of allylic oxidation sites excluding steroid dienone is 1. The number of benzene rings is 2. The summed E-state index contributed by atoms with van der Waals surface area (Å²) in [5.41, 5.74) is 2.26. The zero-order chi connectivity index (χ0) is 19.8. The summed E-state index contributed by atoms with van der Waals surface area (Å²) in [6.07, 6.45) is 2.51. The van der Waals surface area contributed by atoms with Crippen LogP contribution in [0.4, 0.5) is 0 Å². The van der Waals surface area contributed by atoms with E-state index in [0.29, 0.717) is 13.0 Å². The molecule has 1 atom stereocenters. The highest BCUT2D eigenvalue weighted by Crippen LogP contribution is 2.19. The number of hydrogen-bond donors (Lipinski definition) is 1. The Hall–Kier alpha value is -2.86. The molecule has 0 saturated carbocycles. The number of aromatic nitrogens is 3. The minimum absolute atomic E-state index is 0.0286. The highest BCUT2D eigenvalue weighted by atomic mass is 32.2. The fourth-order valence-corrected chi connectivity index (χ4v) is 3.66. The third-order valence-corrected chi connectivity index (χ3v) is 5.29. The smallest absolute Gasteiger partial charge is 0.230 e. The summed E-state index contributed by atoms with van der Waals surface area (Å²) in [4.78, 5) is 12.4. The average molecular weight is 393 g/mol. The number of nitrogens with one attached hydrogen (secondary N) is 1. The molecular formula is C22H24N4OS. The number of rotatable bonds is 9. The molecule has 0 bridgehead atoms. The van der Waals surface area contributed by atoms with Gasteiger partial charge < -0.3 is 9.88 Å².